The third-order valence-corrected chi connectivity index (χ3v) is 15.2. The Balaban J connectivity index is 1.10. The van der Waals surface area contributed by atoms with Crippen molar-refractivity contribution in [1.29, 1.82) is 0 Å². The molecule has 0 heterocycles. The number of nitrogens with zero attached hydrogens (tertiary/aromatic N) is 1. The highest BCUT2D eigenvalue weighted by Crippen LogP contribution is 2.63. The van der Waals surface area contributed by atoms with Crippen LogP contribution in [0.15, 0.2) is 249 Å². The van der Waals surface area contributed by atoms with Gasteiger partial charge in [0.1, 0.15) is 0 Å². The molecule has 0 saturated carbocycles. The third kappa shape index (κ3) is 5.23. The van der Waals surface area contributed by atoms with Gasteiger partial charge in [0.2, 0.25) is 0 Å². The summed E-state index contributed by atoms with van der Waals surface area (Å²) in [5.74, 6) is 0. The molecule has 0 atom stereocenters. The molecule has 3 aliphatic carbocycles. The van der Waals surface area contributed by atoms with Gasteiger partial charge in [0.25, 0.3) is 0 Å². The lowest BCUT2D eigenvalue weighted by Gasteiger charge is -2.47. The molecule has 0 N–H and O–H groups in total. The van der Waals surface area contributed by atoms with Crippen LogP contribution in [0.25, 0.3) is 33.4 Å². The lowest BCUT2D eigenvalue weighted by Crippen LogP contribution is -2.40. The van der Waals surface area contributed by atoms with Crippen LogP contribution in [0, 0.1) is 0 Å². The first kappa shape index (κ1) is 38.5. The number of benzene rings is 10. The molecule has 0 amide bonds. The zero-order valence-corrected chi connectivity index (χ0v) is 37.1. The van der Waals surface area contributed by atoms with Crippen molar-refractivity contribution in [3.05, 3.63) is 304 Å². The molecule has 0 saturated heterocycles. The van der Waals surface area contributed by atoms with E-state index in [4.69, 9.17) is 0 Å². The Bertz CT molecular complexity index is 3410. The molecule has 0 aromatic heterocycles. The Hall–Kier alpha value is -8.00. The van der Waals surface area contributed by atoms with E-state index in [9.17, 15) is 0 Å². The second-order valence-corrected chi connectivity index (χ2v) is 18.7. The van der Waals surface area contributed by atoms with E-state index in [1.807, 2.05) is 0 Å². The minimum atomic E-state index is -0.530. The van der Waals surface area contributed by atoms with Crippen LogP contribution in [0.5, 0.6) is 0 Å². The Kier molecular flexibility index (Phi) is 8.45. The van der Waals surface area contributed by atoms with E-state index in [0.717, 1.165) is 17.1 Å². The van der Waals surface area contributed by atoms with Crippen LogP contribution in [0.3, 0.4) is 0 Å². The van der Waals surface area contributed by atoms with E-state index < -0.39 is 10.8 Å². The average Bonchev–Trinajstić information content (AvgIpc) is 3.85. The van der Waals surface area contributed by atoms with Gasteiger partial charge in [-0.3, -0.25) is 0 Å². The molecule has 10 aromatic rings. The summed E-state index contributed by atoms with van der Waals surface area (Å²) in [5, 5.41) is 0. The molecule has 66 heavy (non-hydrogen) atoms. The predicted molar refractivity (Wildman–Crippen MR) is 273 cm³/mol. The topological polar surface area (TPSA) is 3.24 Å². The molecular formula is C65H47N. The SMILES string of the molecule is CC1(C)c2ccccc2C2(c3ccccc3-c3ccccc32)c2cc(N(c3ccc(-c4ccccc4)cc3)c3ccc4c(c3)C(c3ccccc3)(c3ccccc3)c3ccccc3-4)ccc21. The van der Waals surface area contributed by atoms with Crippen LogP contribution in [0.2, 0.25) is 0 Å². The summed E-state index contributed by atoms with van der Waals surface area (Å²) in [7, 11) is 0. The number of anilines is 3. The third-order valence-electron chi connectivity index (χ3n) is 15.2. The second kappa shape index (κ2) is 14.5. The first-order valence-electron chi connectivity index (χ1n) is 23.3. The molecule has 1 nitrogen and oxygen atoms in total. The van der Waals surface area contributed by atoms with Crippen molar-refractivity contribution in [2.24, 2.45) is 0 Å². The van der Waals surface area contributed by atoms with Gasteiger partial charge in [-0.2, -0.15) is 0 Å². The molecule has 0 aliphatic heterocycles. The zero-order chi connectivity index (χ0) is 44.0. The molecule has 0 radical (unpaired) electrons. The van der Waals surface area contributed by atoms with Gasteiger partial charge >= 0.3 is 0 Å². The number of fused-ring (bicyclic) bond motifs is 12. The lowest BCUT2D eigenvalue weighted by atomic mass is 9.55. The molecule has 0 bridgehead atoms. The quantitative estimate of drug-likeness (QED) is 0.161. The largest absolute Gasteiger partial charge is 0.310 e. The second-order valence-electron chi connectivity index (χ2n) is 18.7. The normalized spacial score (nSPS) is 14.9. The zero-order valence-electron chi connectivity index (χ0n) is 37.1. The van der Waals surface area contributed by atoms with E-state index in [-0.39, 0.29) is 5.41 Å². The summed E-state index contributed by atoms with van der Waals surface area (Å²) in [6, 6.07) is 93.2. The molecule has 3 aliphatic rings. The summed E-state index contributed by atoms with van der Waals surface area (Å²) in [6.07, 6.45) is 0. The van der Waals surface area contributed by atoms with Crippen LogP contribution >= 0.6 is 0 Å². The van der Waals surface area contributed by atoms with Crippen molar-refractivity contribution in [3.8, 4) is 33.4 Å². The van der Waals surface area contributed by atoms with Gasteiger partial charge in [-0.05, 0) is 125 Å². The van der Waals surface area contributed by atoms with Crippen molar-refractivity contribution in [3.63, 3.8) is 0 Å². The number of hydrogen-bond donors (Lipinski definition) is 0. The summed E-state index contributed by atoms with van der Waals surface area (Å²) >= 11 is 0. The standard InChI is InChI=1S/C65H47N/c1-63(2)58-32-18-19-33-60(58)65(56-30-16-13-26-51(56)52-27-14-17-31-57(52)65)62-43-50(39-41-59(62)63)66(48-36-34-45(35-37-48)44-20-6-3-7-21-44)49-38-40-54-53-28-12-15-29-55(53)64(61(54)42-49,46-22-8-4-9-23-46)47-24-10-5-11-25-47/h3-43H,1-2H3. The van der Waals surface area contributed by atoms with E-state index in [1.54, 1.807) is 0 Å². The smallest absolute Gasteiger partial charge is 0.0720 e. The molecule has 0 fully saturated rings. The Labute approximate surface area is 388 Å². The first-order valence-corrected chi connectivity index (χ1v) is 23.3. The van der Waals surface area contributed by atoms with Gasteiger partial charge in [0.15, 0.2) is 0 Å². The summed E-state index contributed by atoms with van der Waals surface area (Å²) < 4.78 is 0. The fourth-order valence-corrected chi connectivity index (χ4v) is 12.4. The van der Waals surface area contributed by atoms with Crippen LogP contribution in [-0.2, 0) is 16.2 Å². The highest BCUT2D eigenvalue weighted by Gasteiger charge is 2.53. The van der Waals surface area contributed by atoms with Crippen molar-refractivity contribution < 1.29 is 0 Å². The fourth-order valence-electron chi connectivity index (χ4n) is 12.4. The van der Waals surface area contributed by atoms with E-state index in [0.29, 0.717) is 0 Å². The first-order chi connectivity index (χ1) is 32.5. The highest BCUT2D eigenvalue weighted by atomic mass is 15.1. The van der Waals surface area contributed by atoms with Crippen LogP contribution in [-0.4, -0.2) is 0 Å². The minimum absolute atomic E-state index is 0.241. The van der Waals surface area contributed by atoms with Gasteiger partial charge in [-0.15, -0.1) is 0 Å². The maximum atomic E-state index is 2.54. The van der Waals surface area contributed by atoms with Gasteiger partial charge in [0, 0.05) is 22.5 Å². The van der Waals surface area contributed by atoms with Crippen LogP contribution in [0.1, 0.15) is 69.5 Å². The average molecular weight is 842 g/mol. The van der Waals surface area contributed by atoms with Gasteiger partial charge in [-0.25, -0.2) is 0 Å². The monoisotopic (exact) mass is 841 g/mol. The van der Waals surface area contributed by atoms with Crippen LogP contribution < -0.4 is 4.90 Å². The molecule has 0 unspecified atom stereocenters. The maximum absolute atomic E-state index is 2.54. The highest BCUT2D eigenvalue weighted by molar-refractivity contribution is 5.92. The van der Waals surface area contributed by atoms with Crippen molar-refractivity contribution in [2.75, 3.05) is 4.90 Å². The fraction of sp³-hybridized carbons (Fsp3) is 0.0769. The van der Waals surface area contributed by atoms with E-state index in [2.05, 4.69) is 267 Å². The van der Waals surface area contributed by atoms with Crippen molar-refractivity contribution in [2.45, 2.75) is 30.1 Å². The summed E-state index contributed by atoms with van der Waals surface area (Å²) in [4.78, 5) is 2.51. The molecule has 1 spiro atoms. The molecule has 312 valence electrons. The minimum Gasteiger partial charge on any atom is -0.310 e. The Morgan fingerprint density at radius 2 is 0.636 bits per heavy atom. The predicted octanol–water partition coefficient (Wildman–Crippen LogP) is 16.2. The Morgan fingerprint density at radius 3 is 1.20 bits per heavy atom. The van der Waals surface area contributed by atoms with E-state index >= 15 is 0 Å². The maximum Gasteiger partial charge on any atom is 0.0720 e. The number of rotatable bonds is 6. The van der Waals surface area contributed by atoms with E-state index in [1.165, 1.54) is 89.0 Å². The lowest BCUT2D eigenvalue weighted by molar-refractivity contribution is 0.563. The molecular weight excluding hydrogens is 795 g/mol. The van der Waals surface area contributed by atoms with Gasteiger partial charge < -0.3 is 4.90 Å². The van der Waals surface area contributed by atoms with Crippen molar-refractivity contribution >= 4 is 17.1 Å². The Morgan fingerprint density at radius 1 is 0.258 bits per heavy atom. The van der Waals surface area contributed by atoms with Crippen LogP contribution in [0.4, 0.5) is 17.1 Å². The number of hydrogen-bond acceptors (Lipinski definition) is 1. The molecule has 10 aromatic carbocycles. The van der Waals surface area contributed by atoms with Gasteiger partial charge in [-0.1, -0.05) is 226 Å². The summed E-state index contributed by atoms with van der Waals surface area (Å²) in [5.41, 5.74) is 22.8. The molecule has 13 rings (SSSR count). The van der Waals surface area contributed by atoms with Gasteiger partial charge in [0.05, 0.1) is 10.8 Å². The van der Waals surface area contributed by atoms with Crippen molar-refractivity contribution in [1.82, 2.24) is 0 Å². The molecule has 1 heteroatoms. The summed E-state index contributed by atoms with van der Waals surface area (Å²) in [6.45, 7) is 4.82.